The Morgan fingerprint density at radius 3 is 2.32 bits per heavy atom. The summed E-state index contributed by atoms with van der Waals surface area (Å²) in [5, 5.41) is 4.99. The highest BCUT2D eigenvalue weighted by Crippen LogP contribution is 2.13. The Labute approximate surface area is 129 Å². The van der Waals surface area contributed by atoms with E-state index in [-0.39, 0.29) is 12.0 Å². The molecule has 0 saturated carbocycles. The molecular weight excluding hydrogens is 280 g/mol. The number of nitrogens with zero attached hydrogens (tertiary/aromatic N) is 2. The van der Waals surface area contributed by atoms with Gasteiger partial charge in [-0.2, -0.15) is 0 Å². The zero-order valence-electron chi connectivity index (χ0n) is 12.5. The topological polar surface area (TPSA) is 84.0 Å². The minimum absolute atomic E-state index is 0.0996. The van der Waals surface area contributed by atoms with E-state index in [1.165, 1.54) is 18.0 Å². The Bertz CT molecular complexity index is 641. The summed E-state index contributed by atoms with van der Waals surface area (Å²) in [6.45, 7) is 3.90. The van der Waals surface area contributed by atoms with Crippen molar-refractivity contribution in [1.82, 2.24) is 15.3 Å². The second kappa shape index (κ2) is 7.31. The number of rotatable bonds is 4. The molecule has 2 aromatic rings. The second-order valence-corrected chi connectivity index (χ2v) is 4.82. The molecule has 0 aliphatic rings. The van der Waals surface area contributed by atoms with Crippen LogP contribution in [0.2, 0.25) is 0 Å². The van der Waals surface area contributed by atoms with Crippen molar-refractivity contribution in [3.63, 3.8) is 0 Å². The Morgan fingerprint density at radius 2 is 1.73 bits per heavy atom. The van der Waals surface area contributed by atoms with Crippen LogP contribution in [0, 0.1) is 0 Å². The lowest BCUT2D eigenvalue weighted by molar-refractivity contribution is -0.136. The van der Waals surface area contributed by atoms with E-state index in [2.05, 4.69) is 27.5 Å². The molecule has 2 N–H and O–H groups in total. The summed E-state index contributed by atoms with van der Waals surface area (Å²) in [7, 11) is 0. The number of amides is 2. The average Bonchev–Trinajstić information content (AvgIpc) is 2.55. The van der Waals surface area contributed by atoms with Crippen molar-refractivity contribution in [1.29, 1.82) is 0 Å². The van der Waals surface area contributed by atoms with Crippen molar-refractivity contribution in [3.8, 4) is 0 Å². The molecule has 114 valence electrons. The molecule has 0 bridgehead atoms. The molecule has 6 nitrogen and oxygen atoms in total. The molecule has 0 aliphatic carbocycles. The lowest BCUT2D eigenvalue weighted by Crippen LogP contribution is -2.37. The number of hydrogen-bond acceptors (Lipinski definition) is 4. The number of carbonyl (C=O) groups is 2. The van der Waals surface area contributed by atoms with Gasteiger partial charge in [-0.15, -0.1) is 0 Å². The maximum atomic E-state index is 11.9. The number of anilines is 1. The standard InChI is InChI=1S/C16H18N4O2/c1-3-12-5-7-13(8-6-12)11(2)19-14(21)15(22)20-16-17-9-4-10-18-16/h4-11H,3H2,1-2H3,(H,19,21)(H,17,18,20,22). The lowest BCUT2D eigenvalue weighted by Gasteiger charge is -2.14. The van der Waals surface area contributed by atoms with E-state index in [1.54, 1.807) is 6.07 Å². The number of benzene rings is 1. The summed E-state index contributed by atoms with van der Waals surface area (Å²) in [4.78, 5) is 31.3. The predicted molar refractivity (Wildman–Crippen MR) is 83.0 cm³/mol. The van der Waals surface area contributed by atoms with Gasteiger partial charge >= 0.3 is 11.8 Å². The maximum Gasteiger partial charge on any atom is 0.316 e. The van der Waals surface area contributed by atoms with Crippen molar-refractivity contribution in [2.24, 2.45) is 0 Å². The maximum absolute atomic E-state index is 11.9. The fourth-order valence-corrected chi connectivity index (χ4v) is 1.91. The number of aromatic nitrogens is 2. The minimum atomic E-state index is -0.789. The van der Waals surface area contributed by atoms with Gasteiger partial charge in [0, 0.05) is 12.4 Å². The molecular formula is C16H18N4O2. The van der Waals surface area contributed by atoms with Crippen LogP contribution in [0.25, 0.3) is 0 Å². The van der Waals surface area contributed by atoms with Gasteiger partial charge in [-0.05, 0) is 30.5 Å². The van der Waals surface area contributed by atoms with Gasteiger partial charge in [0.25, 0.3) is 0 Å². The molecule has 1 heterocycles. The molecule has 6 heteroatoms. The van der Waals surface area contributed by atoms with Gasteiger partial charge in [0.2, 0.25) is 5.95 Å². The van der Waals surface area contributed by atoms with Crippen LogP contribution in [0.1, 0.15) is 31.0 Å². The van der Waals surface area contributed by atoms with Crippen LogP contribution in [0.3, 0.4) is 0 Å². The third kappa shape index (κ3) is 4.12. The van der Waals surface area contributed by atoms with Crippen molar-refractivity contribution < 1.29 is 9.59 Å². The average molecular weight is 298 g/mol. The van der Waals surface area contributed by atoms with Crippen LogP contribution in [-0.4, -0.2) is 21.8 Å². The normalized spacial score (nSPS) is 11.5. The SMILES string of the molecule is CCc1ccc(C(C)NC(=O)C(=O)Nc2ncccn2)cc1. The Hall–Kier alpha value is -2.76. The Morgan fingerprint density at radius 1 is 1.09 bits per heavy atom. The zero-order valence-corrected chi connectivity index (χ0v) is 12.5. The van der Waals surface area contributed by atoms with Gasteiger partial charge in [-0.3, -0.25) is 14.9 Å². The first kappa shape index (κ1) is 15.6. The fraction of sp³-hybridized carbons (Fsp3) is 0.250. The fourth-order valence-electron chi connectivity index (χ4n) is 1.91. The largest absolute Gasteiger partial charge is 0.341 e. The highest BCUT2D eigenvalue weighted by atomic mass is 16.2. The van der Waals surface area contributed by atoms with Crippen molar-refractivity contribution >= 4 is 17.8 Å². The number of carbonyl (C=O) groups excluding carboxylic acids is 2. The molecule has 1 atom stereocenters. The third-order valence-corrected chi connectivity index (χ3v) is 3.23. The molecule has 1 aromatic heterocycles. The van der Waals surface area contributed by atoms with E-state index < -0.39 is 11.8 Å². The van der Waals surface area contributed by atoms with Gasteiger partial charge in [-0.1, -0.05) is 31.2 Å². The van der Waals surface area contributed by atoms with E-state index in [0.717, 1.165) is 12.0 Å². The molecule has 0 radical (unpaired) electrons. The number of aryl methyl sites for hydroxylation is 1. The molecule has 2 rings (SSSR count). The zero-order chi connectivity index (χ0) is 15.9. The molecule has 0 spiro atoms. The summed E-state index contributed by atoms with van der Waals surface area (Å²) < 4.78 is 0. The Balaban J connectivity index is 1.93. The highest BCUT2D eigenvalue weighted by molar-refractivity contribution is 6.39. The first-order chi connectivity index (χ1) is 10.6. The number of nitrogens with one attached hydrogen (secondary N) is 2. The molecule has 1 unspecified atom stereocenters. The van der Waals surface area contributed by atoms with Crippen molar-refractivity contribution in [2.45, 2.75) is 26.3 Å². The first-order valence-corrected chi connectivity index (χ1v) is 7.08. The molecule has 0 saturated heterocycles. The molecule has 2 amide bonds. The van der Waals surface area contributed by atoms with Crippen LogP contribution in [-0.2, 0) is 16.0 Å². The van der Waals surface area contributed by atoms with Crippen LogP contribution in [0.5, 0.6) is 0 Å². The van der Waals surface area contributed by atoms with Crippen molar-refractivity contribution in [3.05, 3.63) is 53.9 Å². The van der Waals surface area contributed by atoms with Gasteiger partial charge < -0.3 is 5.32 Å². The molecule has 1 aromatic carbocycles. The van der Waals surface area contributed by atoms with Crippen LogP contribution in [0.4, 0.5) is 5.95 Å². The Kier molecular flexibility index (Phi) is 5.19. The van der Waals surface area contributed by atoms with E-state index in [0.29, 0.717) is 0 Å². The van der Waals surface area contributed by atoms with Crippen LogP contribution < -0.4 is 10.6 Å². The van der Waals surface area contributed by atoms with Gasteiger partial charge in [0.15, 0.2) is 0 Å². The summed E-state index contributed by atoms with van der Waals surface area (Å²) in [5.74, 6) is -1.41. The van der Waals surface area contributed by atoms with E-state index >= 15 is 0 Å². The van der Waals surface area contributed by atoms with E-state index in [4.69, 9.17) is 0 Å². The monoisotopic (exact) mass is 298 g/mol. The third-order valence-electron chi connectivity index (χ3n) is 3.23. The number of hydrogen-bond donors (Lipinski definition) is 2. The van der Waals surface area contributed by atoms with Crippen LogP contribution in [0.15, 0.2) is 42.7 Å². The smallest absolute Gasteiger partial charge is 0.316 e. The predicted octanol–water partition coefficient (Wildman–Crippen LogP) is 1.85. The summed E-state index contributed by atoms with van der Waals surface area (Å²) in [6.07, 6.45) is 3.93. The highest BCUT2D eigenvalue weighted by Gasteiger charge is 2.17. The van der Waals surface area contributed by atoms with E-state index in [1.807, 2.05) is 31.2 Å². The van der Waals surface area contributed by atoms with E-state index in [9.17, 15) is 9.59 Å². The summed E-state index contributed by atoms with van der Waals surface area (Å²) >= 11 is 0. The quantitative estimate of drug-likeness (QED) is 0.844. The second-order valence-electron chi connectivity index (χ2n) is 4.82. The van der Waals surface area contributed by atoms with Crippen molar-refractivity contribution in [2.75, 3.05) is 5.32 Å². The van der Waals surface area contributed by atoms with Gasteiger partial charge in [0.05, 0.1) is 6.04 Å². The minimum Gasteiger partial charge on any atom is -0.341 e. The summed E-state index contributed by atoms with van der Waals surface area (Å²) in [5.41, 5.74) is 2.16. The first-order valence-electron chi connectivity index (χ1n) is 7.08. The van der Waals surface area contributed by atoms with Gasteiger partial charge in [0.1, 0.15) is 0 Å². The van der Waals surface area contributed by atoms with Crippen LogP contribution >= 0.6 is 0 Å². The summed E-state index contributed by atoms with van der Waals surface area (Å²) in [6, 6.07) is 9.27. The molecule has 22 heavy (non-hydrogen) atoms. The lowest BCUT2D eigenvalue weighted by atomic mass is 10.1. The molecule has 0 aliphatic heterocycles. The molecule has 0 fully saturated rings. The van der Waals surface area contributed by atoms with Gasteiger partial charge in [-0.25, -0.2) is 9.97 Å².